The standard InChI is InChI=1S/C14H16N4O4S/c1-8-6-13(16-18(8)3)17-23(20,21)10-4-5-12-11(7-10)15-14(19)9(2)22-12/h4-7,9H,1-3H3,(H,15,19)(H,16,17). The van der Waals surface area contributed by atoms with Crippen molar-refractivity contribution >= 4 is 27.4 Å². The maximum Gasteiger partial charge on any atom is 0.265 e. The molecule has 1 aliphatic heterocycles. The van der Waals surface area contributed by atoms with Gasteiger partial charge in [0.2, 0.25) is 0 Å². The van der Waals surface area contributed by atoms with Crippen LogP contribution in [-0.4, -0.2) is 30.2 Å². The van der Waals surface area contributed by atoms with E-state index in [2.05, 4.69) is 15.1 Å². The Hall–Kier alpha value is -2.55. The van der Waals surface area contributed by atoms with Crippen LogP contribution in [0, 0.1) is 6.92 Å². The van der Waals surface area contributed by atoms with Gasteiger partial charge >= 0.3 is 0 Å². The molecule has 9 heteroatoms. The molecule has 0 aliphatic carbocycles. The molecule has 2 heterocycles. The summed E-state index contributed by atoms with van der Waals surface area (Å²) in [5.74, 6) is 0.349. The second-order valence-electron chi connectivity index (χ2n) is 5.31. The molecule has 0 fully saturated rings. The molecule has 0 saturated heterocycles. The predicted molar refractivity (Wildman–Crippen MR) is 83.9 cm³/mol. The van der Waals surface area contributed by atoms with Crippen molar-refractivity contribution in [2.45, 2.75) is 24.8 Å². The van der Waals surface area contributed by atoms with Gasteiger partial charge in [0.15, 0.2) is 11.9 Å². The molecule has 0 bridgehead atoms. The van der Waals surface area contributed by atoms with E-state index >= 15 is 0 Å². The number of ether oxygens (including phenoxy) is 1. The fourth-order valence-corrected chi connectivity index (χ4v) is 3.18. The number of carbonyl (C=O) groups is 1. The number of fused-ring (bicyclic) bond motifs is 1. The van der Waals surface area contributed by atoms with Crippen LogP contribution >= 0.6 is 0 Å². The zero-order valence-corrected chi connectivity index (χ0v) is 13.6. The van der Waals surface area contributed by atoms with Crippen LogP contribution in [0.4, 0.5) is 11.5 Å². The molecule has 1 aliphatic rings. The number of carbonyl (C=O) groups excluding carboxylic acids is 1. The molecule has 122 valence electrons. The first-order valence-corrected chi connectivity index (χ1v) is 8.39. The molecule has 1 aromatic carbocycles. The average molecular weight is 336 g/mol. The third-order valence-electron chi connectivity index (χ3n) is 3.54. The SMILES string of the molecule is Cc1cc(NS(=O)(=O)c2ccc3c(c2)NC(=O)C(C)O3)nn1C. The smallest absolute Gasteiger partial charge is 0.265 e. The molecule has 1 unspecified atom stereocenters. The number of nitrogens with one attached hydrogen (secondary N) is 2. The largest absolute Gasteiger partial charge is 0.479 e. The molecule has 3 rings (SSSR count). The van der Waals surface area contributed by atoms with E-state index in [0.717, 1.165) is 5.69 Å². The second kappa shape index (κ2) is 5.27. The zero-order chi connectivity index (χ0) is 16.8. The summed E-state index contributed by atoms with van der Waals surface area (Å²) >= 11 is 0. The molecule has 1 aromatic heterocycles. The number of anilines is 2. The zero-order valence-electron chi connectivity index (χ0n) is 12.8. The minimum atomic E-state index is -3.81. The highest BCUT2D eigenvalue weighted by atomic mass is 32.2. The van der Waals surface area contributed by atoms with Crippen molar-refractivity contribution < 1.29 is 17.9 Å². The molecule has 1 atom stereocenters. The molecule has 0 saturated carbocycles. The number of nitrogens with zero attached hydrogens (tertiary/aromatic N) is 2. The highest BCUT2D eigenvalue weighted by Gasteiger charge is 2.26. The highest BCUT2D eigenvalue weighted by Crippen LogP contribution is 2.32. The van der Waals surface area contributed by atoms with Crippen LogP contribution in [0.2, 0.25) is 0 Å². The van der Waals surface area contributed by atoms with Crippen LogP contribution in [0.1, 0.15) is 12.6 Å². The van der Waals surface area contributed by atoms with Crippen LogP contribution in [0.3, 0.4) is 0 Å². The normalized spacial score (nSPS) is 17.2. The molecule has 23 heavy (non-hydrogen) atoms. The summed E-state index contributed by atoms with van der Waals surface area (Å²) in [4.78, 5) is 11.6. The Morgan fingerprint density at radius 3 is 2.74 bits per heavy atom. The number of hydrogen-bond acceptors (Lipinski definition) is 5. The Morgan fingerprint density at radius 1 is 1.35 bits per heavy atom. The Labute approximate surface area is 133 Å². The fraction of sp³-hybridized carbons (Fsp3) is 0.286. The maximum atomic E-state index is 12.4. The van der Waals surface area contributed by atoms with Crippen molar-refractivity contribution in [1.29, 1.82) is 0 Å². The monoisotopic (exact) mass is 336 g/mol. The third-order valence-corrected chi connectivity index (χ3v) is 4.90. The summed E-state index contributed by atoms with van der Waals surface area (Å²) in [5.41, 5.74) is 1.15. The topological polar surface area (TPSA) is 102 Å². The quantitative estimate of drug-likeness (QED) is 0.878. The summed E-state index contributed by atoms with van der Waals surface area (Å²) in [6.07, 6.45) is -0.612. The van der Waals surface area contributed by atoms with Crippen molar-refractivity contribution in [1.82, 2.24) is 9.78 Å². The fourth-order valence-electron chi connectivity index (χ4n) is 2.16. The number of aryl methyl sites for hydroxylation is 2. The van der Waals surface area contributed by atoms with Gasteiger partial charge in [-0.3, -0.25) is 14.2 Å². The molecular weight excluding hydrogens is 320 g/mol. The summed E-state index contributed by atoms with van der Waals surface area (Å²) in [6, 6.07) is 5.92. The van der Waals surface area contributed by atoms with Gasteiger partial charge in [0.1, 0.15) is 5.75 Å². The Morgan fingerprint density at radius 2 is 2.09 bits per heavy atom. The molecule has 0 radical (unpaired) electrons. The van der Waals surface area contributed by atoms with Crippen molar-refractivity contribution in [2.24, 2.45) is 7.05 Å². The van der Waals surface area contributed by atoms with Crippen molar-refractivity contribution in [3.8, 4) is 5.75 Å². The van der Waals surface area contributed by atoms with Gasteiger partial charge in [0.25, 0.3) is 15.9 Å². The summed E-state index contributed by atoms with van der Waals surface area (Å²) < 4.78 is 34.3. The first-order chi connectivity index (χ1) is 10.8. The van der Waals surface area contributed by atoms with E-state index < -0.39 is 16.1 Å². The number of rotatable bonds is 3. The third kappa shape index (κ3) is 2.87. The van der Waals surface area contributed by atoms with E-state index in [1.54, 1.807) is 24.7 Å². The van der Waals surface area contributed by atoms with E-state index in [9.17, 15) is 13.2 Å². The summed E-state index contributed by atoms with van der Waals surface area (Å²) in [7, 11) is -2.09. The van der Waals surface area contributed by atoms with E-state index in [-0.39, 0.29) is 16.6 Å². The molecular formula is C14H16N4O4S. The highest BCUT2D eigenvalue weighted by molar-refractivity contribution is 7.92. The Kier molecular flexibility index (Phi) is 3.52. The average Bonchev–Trinajstić information content (AvgIpc) is 2.77. The van der Waals surface area contributed by atoms with Gasteiger partial charge < -0.3 is 10.1 Å². The van der Waals surface area contributed by atoms with Crippen molar-refractivity contribution in [2.75, 3.05) is 10.0 Å². The van der Waals surface area contributed by atoms with Crippen molar-refractivity contribution in [3.05, 3.63) is 30.0 Å². The second-order valence-corrected chi connectivity index (χ2v) is 6.99. The van der Waals surface area contributed by atoms with Gasteiger partial charge in [-0.15, -0.1) is 0 Å². The lowest BCUT2D eigenvalue weighted by molar-refractivity contribution is -0.122. The van der Waals surface area contributed by atoms with Crippen LogP contribution in [0.15, 0.2) is 29.2 Å². The van der Waals surface area contributed by atoms with Crippen LogP contribution in [-0.2, 0) is 21.9 Å². The molecule has 0 spiro atoms. The molecule has 1 amide bonds. The van der Waals surface area contributed by atoms with Gasteiger partial charge in [-0.05, 0) is 32.0 Å². The minimum absolute atomic E-state index is 0.0120. The molecule has 8 nitrogen and oxygen atoms in total. The lowest BCUT2D eigenvalue weighted by Crippen LogP contribution is -2.34. The van der Waals surface area contributed by atoms with Gasteiger partial charge in [-0.1, -0.05) is 0 Å². The molecule has 2 aromatic rings. The lowest BCUT2D eigenvalue weighted by atomic mass is 10.2. The van der Waals surface area contributed by atoms with E-state index in [1.807, 2.05) is 6.92 Å². The van der Waals surface area contributed by atoms with E-state index in [4.69, 9.17) is 4.74 Å². The van der Waals surface area contributed by atoms with Gasteiger partial charge in [0.05, 0.1) is 10.6 Å². The minimum Gasteiger partial charge on any atom is -0.479 e. The number of sulfonamides is 1. The van der Waals surface area contributed by atoms with Gasteiger partial charge in [-0.2, -0.15) is 5.10 Å². The Balaban J connectivity index is 1.91. The predicted octanol–water partition coefficient (Wildman–Crippen LogP) is 1.25. The van der Waals surface area contributed by atoms with Crippen LogP contribution in [0.5, 0.6) is 5.75 Å². The number of hydrogen-bond donors (Lipinski definition) is 2. The van der Waals surface area contributed by atoms with E-state index in [0.29, 0.717) is 11.4 Å². The Bertz CT molecular complexity index is 869. The van der Waals surface area contributed by atoms with Crippen LogP contribution < -0.4 is 14.8 Å². The van der Waals surface area contributed by atoms with Crippen LogP contribution in [0.25, 0.3) is 0 Å². The molecule has 2 N–H and O–H groups in total. The van der Waals surface area contributed by atoms with Gasteiger partial charge in [0, 0.05) is 18.8 Å². The lowest BCUT2D eigenvalue weighted by Gasteiger charge is -2.23. The van der Waals surface area contributed by atoms with Gasteiger partial charge in [-0.25, -0.2) is 8.42 Å². The van der Waals surface area contributed by atoms with Crippen molar-refractivity contribution in [3.63, 3.8) is 0 Å². The first kappa shape index (κ1) is 15.3. The van der Waals surface area contributed by atoms with E-state index in [1.165, 1.54) is 18.2 Å². The number of benzene rings is 1. The summed E-state index contributed by atoms with van der Waals surface area (Å²) in [5, 5.41) is 6.69. The maximum absolute atomic E-state index is 12.4. The number of aromatic nitrogens is 2. The first-order valence-electron chi connectivity index (χ1n) is 6.91. The summed E-state index contributed by atoms with van der Waals surface area (Å²) in [6.45, 7) is 3.44. The number of amides is 1.